The second kappa shape index (κ2) is 4.80. The standard InChI is InChI=1S/C12H23FN2O2/c1-11(2,3)17-10(16)15-6-9(14)5-12(4,7-13)8-15/h9H,5-8,14H2,1-4H3. The molecule has 0 bridgehead atoms. The normalized spacial score (nSPS) is 30.2. The lowest BCUT2D eigenvalue weighted by Gasteiger charge is -2.42. The largest absolute Gasteiger partial charge is 0.444 e. The molecule has 100 valence electrons. The Bertz CT molecular complexity index is 291. The second-order valence-electron chi connectivity index (χ2n) is 6.27. The smallest absolute Gasteiger partial charge is 0.410 e. The maximum atomic E-state index is 13.0. The molecular weight excluding hydrogens is 223 g/mol. The van der Waals surface area contributed by atoms with Gasteiger partial charge in [0.25, 0.3) is 0 Å². The van der Waals surface area contributed by atoms with E-state index < -0.39 is 23.8 Å². The number of hydrogen-bond acceptors (Lipinski definition) is 3. The zero-order valence-corrected chi connectivity index (χ0v) is 11.1. The fourth-order valence-electron chi connectivity index (χ4n) is 2.13. The third kappa shape index (κ3) is 4.15. The number of rotatable bonds is 1. The molecule has 2 N–H and O–H groups in total. The van der Waals surface area contributed by atoms with E-state index in [-0.39, 0.29) is 6.04 Å². The summed E-state index contributed by atoms with van der Waals surface area (Å²) in [6.07, 6.45) is 0.190. The SMILES string of the molecule is CC1(CF)CC(N)CN(C(=O)OC(C)(C)C)C1. The van der Waals surface area contributed by atoms with E-state index in [1.165, 1.54) is 4.90 Å². The average molecular weight is 246 g/mol. The minimum Gasteiger partial charge on any atom is -0.444 e. The molecule has 0 radical (unpaired) electrons. The summed E-state index contributed by atoms with van der Waals surface area (Å²) >= 11 is 0. The van der Waals surface area contributed by atoms with Gasteiger partial charge in [-0.05, 0) is 27.2 Å². The average Bonchev–Trinajstić information content (AvgIpc) is 2.14. The lowest BCUT2D eigenvalue weighted by atomic mass is 9.81. The maximum absolute atomic E-state index is 13.0. The highest BCUT2D eigenvalue weighted by Gasteiger charge is 2.38. The van der Waals surface area contributed by atoms with Crippen molar-refractivity contribution in [2.24, 2.45) is 11.1 Å². The summed E-state index contributed by atoms with van der Waals surface area (Å²) in [5.74, 6) is 0. The minimum atomic E-state index is -0.547. The Balaban J connectivity index is 2.68. The number of nitrogens with zero attached hydrogens (tertiary/aromatic N) is 1. The van der Waals surface area contributed by atoms with Gasteiger partial charge >= 0.3 is 6.09 Å². The van der Waals surface area contributed by atoms with Gasteiger partial charge in [-0.25, -0.2) is 4.79 Å². The van der Waals surface area contributed by atoms with Crippen LogP contribution in [0, 0.1) is 5.41 Å². The van der Waals surface area contributed by atoms with Crippen LogP contribution in [0.2, 0.25) is 0 Å². The Kier molecular flexibility index (Phi) is 4.02. The number of halogens is 1. The first-order valence-corrected chi connectivity index (χ1v) is 5.95. The molecule has 5 heteroatoms. The summed E-state index contributed by atoms with van der Waals surface area (Å²) in [7, 11) is 0. The molecule has 0 aromatic carbocycles. The zero-order valence-electron chi connectivity index (χ0n) is 11.1. The second-order valence-corrected chi connectivity index (χ2v) is 6.27. The van der Waals surface area contributed by atoms with Gasteiger partial charge in [-0.2, -0.15) is 0 Å². The van der Waals surface area contributed by atoms with Crippen LogP contribution in [0.5, 0.6) is 0 Å². The van der Waals surface area contributed by atoms with Gasteiger partial charge in [-0.3, -0.25) is 4.39 Å². The molecule has 0 aromatic heterocycles. The van der Waals surface area contributed by atoms with Crippen molar-refractivity contribution in [3.8, 4) is 0 Å². The monoisotopic (exact) mass is 246 g/mol. The number of nitrogens with two attached hydrogens (primary N) is 1. The number of ether oxygens (including phenoxy) is 1. The first-order valence-electron chi connectivity index (χ1n) is 5.95. The molecule has 1 heterocycles. The van der Waals surface area contributed by atoms with Crippen molar-refractivity contribution in [2.45, 2.75) is 45.8 Å². The van der Waals surface area contributed by atoms with Crippen molar-refractivity contribution in [1.29, 1.82) is 0 Å². The fourth-order valence-corrected chi connectivity index (χ4v) is 2.13. The maximum Gasteiger partial charge on any atom is 0.410 e. The number of likely N-dealkylation sites (tertiary alicyclic amines) is 1. The molecule has 0 spiro atoms. The highest BCUT2D eigenvalue weighted by Crippen LogP contribution is 2.30. The van der Waals surface area contributed by atoms with Gasteiger partial charge in [0.1, 0.15) is 5.60 Å². The van der Waals surface area contributed by atoms with Crippen molar-refractivity contribution in [3.05, 3.63) is 0 Å². The van der Waals surface area contributed by atoms with E-state index in [4.69, 9.17) is 10.5 Å². The molecule has 0 saturated carbocycles. The van der Waals surface area contributed by atoms with Crippen LogP contribution in [0.4, 0.5) is 9.18 Å². The van der Waals surface area contributed by atoms with Crippen LogP contribution in [0.3, 0.4) is 0 Å². The van der Waals surface area contributed by atoms with Crippen molar-refractivity contribution in [1.82, 2.24) is 4.90 Å². The van der Waals surface area contributed by atoms with Crippen LogP contribution in [0.25, 0.3) is 0 Å². The molecule has 0 aliphatic carbocycles. The van der Waals surface area contributed by atoms with Gasteiger partial charge in [0.2, 0.25) is 0 Å². The predicted octanol–water partition coefficient (Wildman–Crippen LogP) is 1.93. The predicted molar refractivity (Wildman–Crippen MR) is 64.5 cm³/mol. The van der Waals surface area contributed by atoms with Gasteiger partial charge < -0.3 is 15.4 Å². The van der Waals surface area contributed by atoms with Crippen molar-refractivity contribution >= 4 is 6.09 Å². The third-order valence-electron chi connectivity index (χ3n) is 2.76. The Morgan fingerprint density at radius 2 is 2.18 bits per heavy atom. The number of carbonyl (C=O) groups is 1. The van der Waals surface area contributed by atoms with E-state index in [2.05, 4.69) is 0 Å². The lowest BCUT2D eigenvalue weighted by Crippen LogP contribution is -2.55. The summed E-state index contributed by atoms with van der Waals surface area (Å²) < 4.78 is 18.2. The first kappa shape index (κ1) is 14.2. The summed E-state index contributed by atoms with van der Waals surface area (Å²) in [6, 6.07) is -0.183. The molecule has 0 aromatic rings. The van der Waals surface area contributed by atoms with E-state index >= 15 is 0 Å². The Labute approximate surface area is 102 Å². The Hall–Kier alpha value is -0.840. The van der Waals surface area contributed by atoms with Crippen LogP contribution in [-0.2, 0) is 4.74 Å². The van der Waals surface area contributed by atoms with E-state index in [0.29, 0.717) is 19.5 Å². The number of carbonyl (C=O) groups excluding carboxylic acids is 1. The van der Waals surface area contributed by atoms with Crippen LogP contribution in [0.15, 0.2) is 0 Å². The van der Waals surface area contributed by atoms with Crippen LogP contribution in [0.1, 0.15) is 34.1 Å². The summed E-state index contributed by atoms with van der Waals surface area (Å²) in [5, 5.41) is 0. The molecular formula is C12H23FN2O2. The van der Waals surface area contributed by atoms with Crippen molar-refractivity contribution in [3.63, 3.8) is 0 Å². The Morgan fingerprint density at radius 1 is 1.59 bits per heavy atom. The van der Waals surface area contributed by atoms with Crippen LogP contribution >= 0.6 is 0 Å². The molecule has 2 unspecified atom stereocenters. The van der Waals surface area contributed by atoms with Gasteiger partial charge in [0, 0.05) is 24.5 Å². The molecule has 1 rings (SSSR count). The molecule has 2 atom stereocenters. The van der Waals surface area contributed by atoms with E-state index in [1.54, 1.807) is 0 Å². The fraction of sp³-hybridized carbons (Fsp3) is 0.917. The highest BCUT2D eigenvalue weighted by atomic mass is 19.1. The summed E-state index contributed by atoms with van der Waals surface area (Å²) in [6.45, 7) is 7.56. The van der Waals surface area contributed by atoms with E-state index in [0.717, 1.165) is 0 Å². The summed E-state index contributed by atoms with van der Waals surface area (Å²) in [5.41, 5.74) is 4.78. The number of amides is 1. The van der Waals surface area contributed by atoms with Gasteiger partial charge in [-0.15, -0.1) is 0 Å². The minimum absolute atomic E-state index is 0.183. The lowest BCUT2D eigenvalue weighted by molar-refractivity contribution is -0.000538. The first-order chi connectivity index (χ1) is 7.65. The number of piperidine rings is 1. The molecule has 1 fully saturated rings. The van der Waals surface area contributed by atoms with Crippen molar-refractivity contribution < 1.29 is 13.9 Å². The van der Waals surface area contributed by atoms with Gasteiger partial charge in [0.15, 0.2) is 0 Å². The van der Waals surface area contributed by atoms with Crippen molar-refractivity contribution in [2.75, 3.05) is 19.8 Å². The van der Waals surface area contributed by atoms with E-state index in [1.807, 2.05) is 27.7 Å². The van der Waals surface area contributed by atoms with Gasteiger partial charge in [0.05, 0.1) is 6.67 Å². The molecule has 1 aliphatic rings. The molecule has 1 saturated heterocycles. The topological polar surface area (TPSA) is 55.6 Å². The van der Waals surface area contributed by atoms with Crippen LogP contribution < -0.4 is 5.73 Å². The molecule has 1 amide bonds. The van der Waals surface area contributed by atoms with E-state index in [9.17, 15) is 9.18 Å². The molecule has 17 heavy (non-hydrogen) atoms. The quantitative estimate of drug-likeness (QED) is 0.769. The third-order valence-corrected chi connectivity index (χ3v) is 2.76. The molecule has 4 nitrogen and oxygen atoms in total. The van der Waals surface area contributed by atoms with Gasteiger partial charge in [-0.1, -0.05) is 6.92 Å². The summed E-state index contributed by atoms with van der Waals surface area (Å²) in [4.78, 5) is 13.4. The Morgan fingerprint density at radius 3 is 2.65 bits per heavy atom. The molecule has 1 aliphatic heterocycles. The number of alkyl halides is 1. The highest BCUT2D eigenvalue weighted by molar-refractivity contribution is 5.68. The zero-order chi connectivity index (χ0) is 13.3. The number of hydrogen-bond donors (Lipinski definition) is 1. The van der Waals surface area contributed by atoms with Crippen LogP contribution in [-0.4, -0.2) is 42.4 Å².